The fourth-order valence-electron chi connectivity index (χ4n) is 1.79. The first-order valence-electron chi connectivity index (χ1n) is 5.92. The van der Waals surface area contributed by atoms with Gasteiger partial charge >= 0.3 is 0 Å². The lowest BCUT2D eigenvalue weighted by Gasteiger charge is -2.26. The van der Waals surface area contributed by atoms with Gasteiger partial charge in [-0.25, -0.2) is 0 Å². The van der Waals surface area contributed by atoms with E-state index in [2.05, 4.69) is 59.3 Å². The Labute approximate surface area is 104 Å². The largest absolute Gasteiger partial charge is 0.506 e. The van der Waals surface area contributed by atoms with Crippen molar-refractivity contribution in [2.75, 3.05) is 0 Å². The van der Waals surface area contributed by atoms with Crippen LogP contribution < -0.4 is 0 Å². The molecule has 0 bridgehead atoms. The molecule has 0 spiro atoms. The Balaban J connectivity index is 3.56. The summed E-state index contributed by atoms with van der Waals surface area (Å²) in [7, 11) is 0. The smallest absolute Gasteiger partial charge is 0.141 e. The number of phenols is 1. The van der Waals surface area contributed by atoms with Gasteiger partial charge in [0.15, 0.2) is 0 Å². The molecule has 0 unspecified atom stereocenters. The van der Waals surface area contributed by atoms with Gasteiger partial charge < -0.3 is 5.11 Å². The highest BCUT2D eigenvalue weighted by Gasteiger charge is 2.24. The maximum Gasteiger partial charge on any atom is 0.141 e. The summed E-state index contributed by atoms with van der Waals surface area (Å²) in [5.74, 6) is 0.220. The van der Waals surface area contributed by atoms with Crippen LogP contribution in [0.1, 0.15) is 52.7 Å². The van der Waals surface area contributed by atoms with E-state index in [4.69, 9.17) is 0 Å². The van der Waals surface area contributed by atoms with Crippen LogP contribution in [0.5, 0.6) is 5.75 Å². The Kier molecular flexibility index (Phi) is 3.37. The monoisotopic (exact) mass is 233 g/mol. The van der Waals surface area contributed by atoms with Gasteiger partial charge in [0, 0.05) is 0 Å². The van der Waals surface area contributed by atoms with Gasteiger partial charge in [-0.05, 0) is 34.7 Å². The second-order valence-electron chi connectivity index (χ2n) is 6.55. The van der Waals surface area contributed by atoms with Gasteiger partial charge in [-0.3, -0.25) is 4.99 Å². The number of nitrogens with zero attached hydrogens (tertiary/aromatic N) is 1. The Bertz CT molecular complexity index is 433. The molecular weight excluding hydrogens is 210 g/mol. The molecule has 2 nitrogen and oxygen atoms in total. The molecule has 2 heteroatoms. The van der Waals surface area contributed by atoms with E-state index in [0.717, 1.165) is 11.1 Å². The molecule has 0 saturated heterocycles. The number of aromatic hydroxyl groups is 1. The molecule has 0 aromatic heterocycles. The molecule has 0 atom stereocenters. The van der Waals surface area contributed by atoms with Crippen LogP contribution in [0.3, 0.4) is 0 Å². The topological polar surface area (TPSA) is 32.6 Å². The Morgan fingerprint density at radius 3 is 1.88 bits per heavy atom. The zero-order valence-electron chi connectivity index (χ0n) is 11.8. The molecule has 94 valence electrons. The molecule has 1 aromatic carbocycles. The van der Waals surface area contributed by atoms with E-state index in [1.807, 2.05) is 0 Å². The van der Waals surface area contributed by atoms with Crippen molar-refractivity contribution in [2.45, 2.75) is 52.4 Å². The van der Waals surface area contributed by atoms with E-state index < -0.39 is 0 Å². The number of rotatable bonds is 1. The average Bonchev–Trinajstić information content (AvgIpc) is 2.13. The summed E-state index contributed by atoms with van der Waals surface area (Å²) >= 11 is 0. The molecule has 0 saturated carbocycles. The quantitative estimate of drug-likeness (QED) is 0.720. The molecule has 1 N–H and O–H groups in total. The van der Waals surface area contributed by atoms with Gasteiger partial charge in [0.25, 0.3) is 0 Å². The lowest BCUT2D eigenvalue weighted by molar-refractivity contribution is 0.468. The first-order valence-corrected chi connectivity index (χ1v) is 5.92. The third kappa shape index (κ3) is 2.87. The maximum atomic E-state index is 10.1. The van der Waals surface area contributed by atoms with Crippen LogP contribution >= 0.6 is 0 Å². The normalized spacial score (nSPS) is 12.6. The van der Waals surface area contributed by atoms with Crippen LogP contribution in [-0.4, -0.2) is 11.8 Å². The zero-order chi connectivity index (χ0) is 13.4. The fraction of sp³-hybridized carbons (Fsp3) is 0.533. The minimum absolute atomic E-state index is 0.0111. The summed E-state index contributed by atoms with van der Waals surface area (Å²) in [5.41, 5.74) is 2.71. The molecule has 0 aliphatic rings. The minimum Gasteiger partial charge on any atom is -0.506 e. The van der Waals surface area contributed by atoms with Gasteiger partial charge in [-0.2, -0.15) is 0 Å². The third-order valence-corrected chi connectivity index (χ3v) is 2.92. The molecule has 17 heavy (non-hydrogen) atoms. The number of hydrogen-bond acceptors (Lipinski definition) is 2. The second-order valence-corrected chi connectivity index (χ2v) is 6.55. The molecule has 1 rings (SSSR count). The number of hydrogen-bond donors (Lipinski definition) is 1. The summed E-state index contributed by atoms with van der Waals surface area (Å²) in [6.07, 6.45) is 0. The third-order valence-electron chi connectivity index (χ3n) is 2.92. The summed E-state index contributed by atoms with van der Waals surface area (Å²) in [5, 5.41) is 10.1. The Hall–Kier alpha value is -1.31. The maximum absolute atomic E-state index is 10.1. The van der Waals surface area contributed by atoms with Crippen LogP contribution in [0.4, 0.5) is 5.69 Å². The molecule has 0 amide bonds. The van der Waals surface area contributed by atoms with E-state index in [1.54, 1.807) is 6.07 Å². The van der Waals surface area contributed by atoms with Crippen LogP contribution in [0, 0.1) is 0 Å². The molecule has 1 aromatic rings. The highest BCUT2D eigenvalue weighted by molar-refractivity contribution is 5.64. The number of benzene rings is 1. The standard InChI is InChI=1S/C15H23NO/c1-14(2,3)10-8-11(15(4,5)6)13(16-7)12(17)9-10/h8-9,17H,7H2,1-6H3. The van der Waals surface area contributed by atoms with Crippen molar-refractivity contribution in [1.29, 1.82) is 0 Å². The van der Waals surface area contributed by atoms with Crippen LogP contribution in [0.15, 0.2) is 17.1 Å². The van der Waals surface area contributed by atoms with Crippen LogP contribution in [-0.2, 0) is 10.8 Å². The fourth-order valence-corrected chi connectivity index (χ4v) is 1.79. The van der Waals surface area contributed by atoms with Gasteiger partial charge in [0.05, 0.1) is 0 Å². The van der Waals surface area contributed by atoms with E-state index in [0.29, 0.717) is 5.69 Å². The number of aliphatic imine (C=N–C) groups is 1. The van der Waals surface area contributed by atoms with Gasteiger partial charge in [-0.15, -0.1) is 0 Å². The molecule has 0 aliphatic heterocycles. The minimum atomic E-state index is -0.0603. The van der Waals surface area contributed by atoms with Crippen molar-refractivity contribution in [3.05, 3.63) is 23.3 Å². The SMILES string of the molecule is C=Nc1c(O)cc(C(C)(C)C)cc1C(C)(C)C. The highest BCUT2D eigenvalue weighted by Crippen LogP contribution is 2.41. The lowest BCUT2D eigenvalue weighted by atomic mass is 9.79. The van der Waals surface area contributed by atoms with Gasteiger partial charge in [-0.1, -0.05) is 47.6 Å². The first kappa shape index (κ1) is 13.8. The summed E-state index contributed by atoms with van der Waals surface area (Å²) in [4.78, 5) is 3.96. The van der Waals surface area contributed by atoms with Gasteiger partial charge in [0.1, 0.15) is 11.4 Å². The zero-order valence-corrected chi connectivity index (χ0v) is 11.8. The Morgan fingerprint density at radius 1 is 1.00 bits per heavy atom. The van der Waals surface area contributed by atoms with Crippen molar-refractivity contribution in [3.8, 4) is 5.75 Å². The molecular formula is C15H23NO. The van der Waals surface area contributed by atoms with Crippen molar-refractivity contribution in [2.24, 2.45) is 4.99 Å². The summed E-state index contributed by atoms with van der Waals surface area (Å²) in [6, 6.07) is 3.92. The molecule has 0 radical (unpaired) electrons. The van der Waals surface area contributed by atoms with E-state index >= 15 is 0 Å². The predicted octanol–water partition coefficient (Wildman–Crippen LogP) is 4.32. The van der Waals surface area contributed by atoms with E-state index in [-0.39, 0.29) is 16.6 Å². The predicted molar refractivity (Wildman–Crippen MR) is 74.7 cm³/mol. The molecule has 0 aliphatic carbocycles. The van der Waals surface area contributed by atoms with Crippen molar-refractivity contribution >= 4 is 12.4 Å². The van der Waals surface area contributed by atoms with Crippen LogP contribution in [0.2, 0.25) is 0 Å². The van der Waals surface area contributed by atoms with Crippen LogP contribution in [0.25, 0.3) is 0 Å². The second kappa shape index (κ2) is 4.17. The lowest BCUT2D eigenvalue weighted by Crippen LogP contribution is -2.16. The van der Waals surface area contributed by atoms with Crippen molar-refractivity contribution < 1.29 is 5.11 Å². The summed E-state index contributed by atoms with van der Waals surface area (Å²) in [6.45, 7) is 16.3. The number of phenolic OH excluding ortho intramolecular Hbond substituents is 1. The van der Waals surface area contributed by atoms with Gasteiger partial charge in [0.2, 0.25) is 0 Å². The molecule has 0 heterocycles. The Morgan fingerprint density at radius 2 is 1.53 bits per heavy atom. The molecule has 0 fully saturated rings. The average molecular weight is 233 g/mol. The van der Waals surface area contributed by atoms with Crippen molar-refractivity contribution in [1.82, 2.24) is 0 Å². The van der Waals surface area contributed by atoms with E-state index in [9.17, 15) is 5.11 Å². The van der Waals surface area contributed by atoms with Crippen molar-refractivity contribution in [3.63, 3.8) is 0 Å². The first-order chi connectivity index (χ1) is 7.57. The highest BCUT2D eigenvalue weighted by atomic mass is 16.3. The summed E-state index contributed by atoms with van der Waals surface area (Å²) < 4.78 is 0. The van der Waals surface area contributed by atoms with E-state index in [1.165, 1.54) is 0 Å².